The average Bonchev–Trinajstić information content (AvgIpc) is 2.65. The summed E-state index contributed by atoms with van der Waals surface area (Å²) in [7, 11) is -3.12. The smallest absolute Gasteiger partial charge is 0.208 e. The molecular formula is C11H15N3O2S2. The van der Waals surface area contributed by atoms with Crippen LogP contribution < -0.4 is 10.0 Å². The lowest BCUT2D eigenvalue weighted by molar-refractivity contribution is 0.589. The number of sulfonamides is 1. The second-order valence-corrected chi connectivity index (χ2v) is 6.95. The quantitative estimate of drug-likeness (QED) is 0.818. The third kappa shape index (κ3) is 3.66. The number of aryl methyl sites for hydroxylation is 1. The summed E-state index contributed by atoms with van der Waals surface area (Å²) in [5.41, 5.74) is 2.15. The summed E-state index contributed by atoms with van der Waals surface area (Å²) in [6, 6.07) is 6.13. The first kappa shape index (κ1) is 13.3. The number of benzene rings is 1. The van der Waals surface area contributed by atoms with Gasteiger partial charge in [-0.1, -0.05) is 17.4 Å². The van der Waals surface area contributed by atoms with Gasteiger partial charge in [0.25, 0.3) is 0 Å². The first-order valence-electron chi connectivity index (χ1n) is 5.50. The number of aromatic nitrogens is 1. The van der Waals surface area contributed by atoms with Crippen LogP contribution >= 0.6 is 11.3 Å². The highest BCUT2D eigenvalue weighted by Gasteiger charge is 2.04. The van der Waals surface area contributed by atoms with Crippen molar-refractivity contribution in [3.63, 3.8) is 0 Å². The topological polar surface area (TPSA) is 71.1 Å². The molecule has 98 valence electrons. The number of thiazole rings is 1. The van der Waals surface area contributed by atoms with Crippen LogP contribution in [0.5, 0.6) is 0 Å². The maximum Gasteiger partial charge on any atom is 0.208 e. The number of rotatable bonds is 5. The van der Waals surface area contributed by atoms with E-state index in [2.05, 4.69) is 21.1 Å². The maximum atomic E-state index is 10.9. The van der Waals surface area contributed by atoms with Crippen LogP contribution in [-0.2, 0) is 10.0 Å². The van der Waals surface area contributed by atoms with Crippen LogP contribution in [0, 0.1) is 6.92 Å². The molecule has 0 saturated carbocycles. The lowest BCUT2D eigenvalue weighted by Crippen LogP contribution is -2.27. The molecule has 0 unspecified atom stereocenters. The van der Waals surface area contributed by atoms with Crippen molar-refractivity contribution < 1.29 is 8.42 Å². The number of hydrogen-bond donors (Lipinski definition) is 2. The lowest BCUT2D eigenvalue weighted by Gasteiger charge is -2.02. The van der Waals surface area contributed by atoms with Gasteiger partial charge in [-0.2, -0.15) is 0 Å². The Balaban J connectivity index is 1.96. The van der Waals surface area contributed by atoms with Crippen molar-refractivity contribution in [2.24, 2.45) is 0 Å². The minimum atomic E-state index is -3.12. The monoisotopic (exact) mass is 285 g/mol. The van der Waals surface area contributed by atoms with Crippen LogP contribution in [0.15, 0.2) is 18.2 Å². The van der Waals surface area contributed by atoms with E-state index in [1.54, 1.807) is 11.3 Å². The zero-order valence-electron chi connectivity index (χ0n) is 10.2. The van der Waals surface area contributed by atoms with Gasteiger partial charge in [0.15, 0.2) is 5.13 Å². The molecule has 0 atom stereocenters. The molecular weight excluding hydrogens is 270 g/mol. The van der Waals surface area contributed by atoms with Crippen molar-refractivity contribution >= 4 is 36.7 Å². The van der Waals surface area contributed by atoms with Gasteiger partial charge in [-0.05, 0) is 24.6 Å². The molecule has 1 aromatic carbocycles. The predicted molar refractivity (Wildman–Crippen MR) is 75.7 cm³/mol. The van der Waals surface area contributed by atoms with Gasteiger partial charge in [0.05, 0.1) is 16.5 Å². The third-order valence-electron chi connectivity index (χ3n) is 2.31. The van der Waals surface area contributed by atoms with Crippen molar-refractivity contribution in [1.29, 1.82) is 0 Å². The summed E-state index contributed by atoms with van der Waals surface area (Å²) in [4.78, 5) is 4.44. The molecule has 2 N–H and O–H groups in total. The first-order valence-corrected chi connectivity index (χ1v) is 8.20. The summed E-state index contributed by atoms with van der Waals surface area (Å²) in [6.07, 6.45) is 1.15. The number of nitrogens with zero attached hydrogens (tertiary/aromatic N) is 1. The Morgan fingerprint density at radius 3 is 2.83 bits per heavy atom. The van der Waals surface area contributed by atoms with Gasteiger partial charge < -0.3 is 5.32 Å². The fraction of sp³-hybridized carbons (Fsp3) is 0.364. The molecule has 5 nitrogen and oxygen atoms in total. The molecule has 2 rings (SSSR count). The molecule has 0 bridgehead atoms. The highest BCUT2D eigenvalue weighted by molar-refractivity contribution is 7.88. The van der Waals surface area contributed by atoms with E-state index in [1.165, 1.54) is 5.56 Å². The fourth-order valence-corrected chi connectivity index (χ4v) is 2.86. The predicted octanol–water partition coefficient (Wildman–Crippen LogP) is 1.57. The number of fused-ring (bicyclic) bond motifs is 1. The van der Waals surface area contributed by atoms with Crippen molar-refractivity contribution in [1.82, 2.24) is 9.71 Å². The summed E-state index contributed by atoms with van der Waals surface area (Å²) >= 11 is 1.56. The Morgan fingerprint density at radius 2 is 2.11 bits per heavy atom. The Labute approximate surface area is 110 Å². The second kappa shape index (κ2) is 5.21. The van der Waals surface area contributed by atoms with Gasteiger partial charge in [-0.3, -0.25) is 0 Å². The Bertz CT molecular complexity index is 649. The van der Waals surface area contributed by atoms with Gasteiger partial charge in [0.1, 0.15) is 0 Å². The maximum absolute atomic E-state index is 10.9. The van der Waals surface area contributed by atoms with E-state index in [9.17, 15) is 8.42 Å². The highest BCUT2D eigenvalue weighted by Crippen LogP contribution is 2.26. The Kier molecular flexibility index (Phi) is 3.84. The minimum Gasteiger partial charge on any atom is -0.360 e. The van der Waals surface area contributed by atoms with E-state index in [1.807, 2.05) is 19.1 Å². The van der Waals surface area contributed by atoms with Crippen molar-refractivity contribution in [2.45, 2.75) is 6.92 Å². The summed E-state index contributed by atoms with van der Waals surface area (Å²) < 4.78 is 25.3. The van der Waals surface area contributed by atoms with Crippen LogP contribution in [0.1, 0.15) is 5.56 Å². The summed E-state index contributed by atoms with van der Waals surface area (Å²) in [6.45, 7) is 2.90. The van der Waals surface area contributed by atoms with E-state index < -0.39 is 10.0 Å². The van der Waals surface area contributed by atoms with Gasteiger partial charge >= 0.3 is 0 Å². The van der Waals surface area contributed by atoms with Crippen LogP contribution in [0.25, 0.3) is 10.2 Å². The lowest BCUT2D eigenvalue weighted by atomic mass is 10.2. The molecule has 0 radical (unpaired) electrons. The molecule has 0 spiro atoms. The van der Waals surface area contributed by atoms with E-state index in [4.69, 9.17) is 0 Å². The van der Waals surface area contributed by atoms with Crippen molar-refractivity contribution in [2.75, 3.05) is 24.7 Å². The van der Waals surface area contributed by atoms with Gasteiger partial charge in [-0.25, -0.2) is 18.1 Å². The SMILES string of the molecule is Cc1ccc2sc(NCCNS(C)(=O)=O)nc2c1. The summed E-state index contributed by atoms with van der Waals surface area (Å²) in [5, 5.41) is 3.92. The fourth-order valence-electron chi connectivity index (χ4n) is 1.52. The van der Waals surface area contributed by atoms with Crippen molar-refractivity contribution in [3.8, 4) is 0 Å². The molecule has 7 heteroatoms. The van der Waals surface area contributed by atoms with Gasteiger partial charge in [0.2, 0.25) is 10.0 Å². The van der Waals surface area contributed by atoms with Gasteiger partial charge in [-0.15, -0.1) is 0 Å². The molecule has 0 amide bonds. The molecule has 1 aromatic heterocycles. The van der Waals surface area contributed by atoms with Crippen LogP contribution in [0.3, 0.4) is 0 Å². The molecule has 0 fully saturated rings. The largest absolute Gasteiger partial charge is 0.360 e. The number of anilines is 1. The summed E-state index contributed by atoms with van der Waals surface area (Å²) in [5.74, 6) is 0. The van der Waals surface area contributed by atoms with Crippen LogP contribution in [-0.4, -0.2) is 32.7 Å². The normalized spacial score (nSPS) is 11.9. The van der Waals surface area contributed by atoms with Crippen LogP contribution in [0.2, 0.25) is 0 Å². The molecule has 18 heavy (non-hydrogen) atoms. The second-order valence-electron chi connectivity index (χ2n) is 4.08. The molecule has 0 aliphatic rings. The standard InChI is InChI=1S/C11H15N3O2S2/c1-8-3-4-10-9(7-8)14-11(17-10)12-5-6-13-18(2,15)16/h3-4,7,13H,5-6H2,1-2H3,(H,12,14). The number of hydrogen-bond acceptors (Lipinski definition) is 5. The minimum absolute atomic E-state index is 0.355. The zero-order chi connectivity index (χ0) is 13.2. The van der Waals surface area contributed by atoms with E-state index in [0.29, 0.717) is 13.1 Å². The zero-order valence-corrected chi connectivity index (χ0v) is 11.9. The van der Waals surface area contributed by atoms with E-state index >= 15 is 0 Å². The van der Waals surface area contributed by atoms with E-state index in [0.717, 1.165) is 21.6 Å². The molecule has 1 heterocycles. The Hall–Kier alpha value is -1.18. The first-order chi connectivity index (χ1) is 8.44. The van der Waals surface area contributed by atoms with Crippen LogP contribution in [0.4, 0.5) is 5.13 Å². The molecule has 2 aromatic rings. The highest BCUT2D eigenvalue weighted by atomic mass is 32.2. The number of nitrogens with one attached hydrogen (secondary N) is 2. The van der Waals surface area contributed by atoms with Crippen molar-refractivity contribution in [3.05, 3.63) is 23.8 Å². The third-order valence-corrected chi connectivity index (χ3v) is 4.03. The average molecular weight is 285 g/mol. The Morgan fingerprint density at radius 1 is 1.33 bits per heavy atom. The molecule has 0 aliphatic heterocycles. The van der Waals surface area contributed by atoms with E-state index in [-0.39, 0.29) is 0 Å². The molecule has 0 saturated heterocycles. The van der Waals surface area contributed by atoms with Gasteiger partial charge in [0, 0.05) is 13.1 Å². The molecule has 0 aliphatic carbocycles.